The third-order valence-corrected chi connectivity index (χ3v) is 4.08. The molecule has 0 spiro atoms. The lowest BCUT2D eigenvalue weighted by Gasteiger charge is -2.20. The first kappa shape index (κ1) is 17.9. The molecule has 138 valence electrons. The second-order valence-corrected chi connectivity index (χ2v) is 6.02. The summed E-state index contributed by atoms with van der Waals surface area (Å²) >= 11 is 0. The highest BCUT2D eigenvalue weighted by atomic mass is 16.6. The van der Waals surface area contributed by atoms with Crippen LogP contribution in [0.1, 0.15) is 5.56 Å². The van der Waals surface area contributed by atoms with Gasteiger partial charge in [0.15, 0.2) is 18.1 Å². The number of aryl methyl sites for hydroxylation is 1. The molecule has 3 rings (SSSR count). The van der Waals surface area contributed by atoms with Crippen molar-refractivity contribution >= 4 is 5.91 Å². The summed E-state index contributed by atoms with van der Waals surface area (Å²) in [5.74, 6) is 2.63. The number of likely N-dealkylation sites (N-methyl/N-ethyl adjacent to an activating group) is 1. The van der Waals surface area contributed by atoms with E-state index in [0.29, 0.717) is 43.6 Å². The Morgan fingerprint density at radius 3 is 2.65 bits per heavy atom. The van der Waals surface area contributed by atoms with E-state index >= 15 is 0 Å². The quantitative estimate of drug-likeness (QED) is 0.763. The first-order valence-corrected chi connectivity index (χ1v) is 8.58. The van der Waals surface area contributed by atoms with Gasteiger partial charge >= 0.3 is 0 Å². The number of fused-ring (bicyclic) bond motifs is 1. The molecular formula is C20H23NO5. The van der Waals surface area contributed by atoms with Crippen LogP contribution in [0.2, 0.25) is 0 Å². The Morgan fingerprint density at radius 1 is 1.08 bits per heavy atom. The molecule has 0 aromatic heterocycles. The van der Waals surface area contributed by atoms with Crippen molar-refractivity contribution < 1.29 is 23.7 Å². The number of ether oxygens (including phenoxy) is 4. The summed E-state index contributed by atoms with van der Waals surface area (Å²) in [6.07, 6.45) is 0. The Morgan fingerprint density at radius 2 is 1.85 bits per heavy atom. The van der Waals surface area contributed by atoms with Gasteiger partial charge in [0, 0.05) is 13.1 Å². The second kappa shape index (κ2) is 8.47. The van der Waals surface area contributed by atoms with Crippen molar-refractivity contribution in [1.29, 1.82) is 0 Å². The molecule has 1 heterocycles. The summed E-state index contributed by atoms with van der Waals surface area (Å²) in [5.41, 5.74) is 1.07. The van der Waals surface area contributed by atoms with Gasteiger partial charge in [-0.3, -0.25) is 4.79 Å². The molecule has 0 unspecified atom stereocenters. The Hall–Kier alpha value is -2.89. The third kappa shape index (κ3) is 4.59. The van der Waals surface area contributed by atoms with Gasteiger partial charge in [0.05, 0.1) is 6.54 Å². The molecule has 0 saturated heterocycles. The van der Waals surface area contributed by atoms with Crippen LogP contribution in [0, 0.1) is 6.92 Å². The number of para-hydroxylation sites is 1. The molecule has 0 saturated carbocycles. The Labute approximate surface area is 153 Å². The Bertz CT molecular complexity index is 762. The van der Waals surface area contributed by atoms with E-state index in [9.17, 15) is 4.79 Å². The zero-order chi connectivity index (χ0) is 18.4. The number of carbonyl (C=O) groups is 1. The number of benzene rings is 2. The second-order valence-electron chi connectivity index (χ2n) is 6.02. The maximum absolute atomic E-state index is 12.2. The minimum absolute atomic E-state index is 0.0412. The van der Waals surface area contributed by atoms with E-state index in [-0.39, 0.29) is 12.5 Å². The Kier molecular flexibility index (Phi) is 5.84. The molecule has 6 nitrogen and oxygen atoms in total. The van der Waals surface area contributed by atoms with E-state index in [1.807, 2.05) is 31.2 Å². The molecule has 0 bridgehead atoms. The predicted octanol–water partition coefficient (Wildman–Crippen LogP) is 2.68. The normalized spacial score (nSPS) is 12.4. The van der Waals surface area contributed by atoms with Crippen LogP contribution in [0.5, 0.6) is 23.0 Å². The van der Waals surface area contributed by atoms with Gasteiger partial charge in [0.2, 0.25) is 0 Å². The zero-order valence-electron chi connectivity index (χ0n) is 15.1. The molecule has 1 aliphatic heterocycles. The molecular weight excluding hydrogens is 334 g/mol. The molecule has 0 aliphatic carbocycles. The fraction of sp³-hybridized carbons (Fsp3) is 0.350. The van der Waals surface area contributed by atoms with Gasteiger partial charge in [0.1, 0.15) is 31.3 Å². The summed E-state index contributed by atoms with van der Waals surface area (Å²) in [6.45, 7) is 3.92. The standard InChI is InChI=1S/C20H23NO5/c1-15-5-3-4-6-17(15)23-10-9-21(2)20(22)14-26-16-7-8-18-19(13-16)25-12-11-24-18/h3-8,13H,9-12,14H2,1-2H3. The number of amides is 1. The van der Waals surface area contributed by atoms with Crippen molar-refractivity contribution in [3.8, 4) is 23.0 Å². The van der Waals surface area contributed by atoms with Crippen molar-refractivity contribution in [2.24, 2.45) is 0 Å². The topological polar surface area (TPSA) is 57.2 Å². The largest absolute Gasteiger partial charge is 0.491 e. The van der Waals surface area contributed by atoms with Gasteiger partial charge in [-0.15, -0.1) is 0 Å². The number of hydrogen-bond donors (Lipinski definition) is 0. The number of nitrogens with zero attached hydrogens (tertiary/aromatic N) is 1. The fourth-order valence-electron chi connectivity index (χ4n) is 2.50. The van der Waals surface area contributed by atoms with Crippen LogP contribution in [0.25, 0.3) is 0 Å². The van der Waals surface area contributed by atoms with Crippen molar-refractivity contribution in [1.82, 2.24) is 4.90 Å². The minimum Gasteiger partial charge on any atom is -0.491 e. The fourth-order valence-corrected chi connectivity index (χ4v) is 2.50. The summed E-state index contributed by atoms with van der Waals surface area (Å²) < 4.78 is 22.3. The number of rotatable bonds is 7. The third-order valence-electron chi connectivity index (χ3n) is 4.08. The van der Waals surface area contributed by atoms with Gasteiger partial charge in [0.25, 0.3) is 5.91 Å². The molecule has 2 aromatic rings. The van der Waals surface area contributed by atoms with E-state index in [2.05, 4.69) is 0 Å². The SMILES string of the molecule is Cc1ccccc1OCCN(C)C(=O)COc1ccc2c(c1)OCCO2. The first-order chi connectivity index (χ1) is 12.6. The maximum atomic E-state index is 12.2. The molecule has 0 N–H and O–H groups in total. The van der Waals surface area contributed by atoms with Crippen LogP contribution in [-0.2, 0) is 4.79 Å². The highest BCUT2D eigenvalue weighted by Crippen LogP contribution is 2.33. The lowest BCUT2D eigenvalue weighted by atomic mass is 10.2. The molecule has 1 amide bonds. The summed E-state index contributed by atoms with van der Waals surface area (Å²) in [4.78, 5) is 13.8. The van der Waals surface area contributed by atoms with Crippen LogP contribution >= 0.6 is 0 Å². The van der Waals surface area contributed by atoms with E-state index in [1.54, 1.807) is 30.1 Å². The lowest BCUT2D eigenvalue weighted by molar-refractivity contribution is -0.132. The van der Waals surface area contributed by atoms with Crippen molar-refractivity contribution in [3.63, 3.8) is 0 Å². The highest BCUT2D eigenvalue weighted by Gasteiger charge is 2.14. The van der Waals surface area contributed by atoms with Crippen LogP contribution in [0.3, 0.4) is 0 Å². The van der Waals surface area contributed by atoms with Crippen molar-refractivity contribution in [2.75, 3.05) is 40.0 Å². The molecule has 26 heavy (non-hydrogen) atoms. The van der Waals surface area contributed by atoms with Gasteiger partial charge in [-0.05, 0) is 30.7 Å². The van der Waals surface area contributed by atoms with Gasteiger partial charge in [-0.2, -0.15) is 0 Å². The first-order valence-electron chi connectivity index (χ1n) is 8.58. The molecule has 6 heteroatoms. The summed E-state index contributed by atoms with van der Waals surface area (Å²) in [5, 5.41) is 0. The summed E-state index contributed by atoms with van der Waals surface area (Å²) in [7, 11) is 1.73. The zero-order valence-corrected chi connectivity index (χ0v) is 15.1. The molecule has 2 aromatic carbocycles. The maximum Gasteiger partial charge on any atom is 0.260 e. The molecule has 0 atom stereocenters. The monoisotopic (exact) mass is 357 g/mol. The van der Waals surface area contributed by atoms with Crippen LogP contribution < -0.4 is 18.9 Å². The van der Waals surface area contributed by atoms with E-state index in [0.717, 1.165) is 11.3 Å². The Balaban J connectivity index is 1.43. The van der Waals surface area contributed by atoms with Crippen LogP contribution in [0.4, 0.5) is 0 Å². The van der Waals surface area contributed by atoms with Gasteiger partial charge in [-0.25, -0.2) is 0 Å². The van der Waals surface area contributed by atoms with E-state index < -0.39 is 0 Å². The van der Waals surface area contributed by atoms with Crippen LogP contribution in [-0.4, -0.2) is 50.8 Å². The number of hydrogen-bond acceptors (Lipinski definition) is 5. The van der Waals surface area contributed by atoms with Crippen molar-refractivity contribution in [2.45, 2.75) is 6.92 Å². The average molecular weight is 357 g/mol. The lowest BCUT2D eigenvalue weighted by Crippen LogP contribution is -2.34. The van der Waals surface area contributed by atoms with E-state index in [1.165, 1.54) is 0 Å². The highest BCUT2D eigenvalue weighted by molar-refractivity contribution is 5.77. The van der Waals surface area contributed by atoms with Crippen molar-refractivity contribution in [3.05, 3.63) is 48.0 Å². The van der Waals surface area contributed by atoms with E-state index in [4.69, 9.17) is 18.9 Å². The molecule has 0 fully saturated rings. The van der Waals surface area contributed by atoms with Crippen LogP contribution in [0.15, 0.2) is 42.5 Å². The molecule has 0 radical (unpaired) electrons. The van der Waals surface area contributed by atoms with Gasteiger partial charge < -0.3 is 23.8 Å². The predicted molar refractivity (Wildman–Crippen MR) is 97.2 cm³/mol. The average Bonchev–Trinajstić information content (AvgIpc) is 2.67. The minimum atomic E-state index is -0.117. The molecule has 1 aliphatic rings. The number of carbonyl (C=O) groups excluding carboxylic acids is 1. The van der Waals surface area contributed by atoms with Gasteiger partial charge in [-0.1, -0.05) is 18.2 Å². The summed E-state index contributed by atoms with van der Waals surface area (Å²) in [6, 6.07) is 13.1. The smallest absolute Gasteiger partial charge is 0.260 e.